The number of hydrogen-bond donors (Lipinski definition) is 0. The SMILES string of the molecule is O=C(C1CN(Cc2ccc(-c3ccc(Cl)cc3)cc2)CCN1S(=O)(=O)c1ccc(OCC2CCCCC2)cc1)N1CCCC1. The van der Waals surface area contributed by atoms with Gasteiger partial charge in [0.2, 0.25) is 15.9 Å². The lowest BCUT2D eigenvalue weighted by Gasteiger charge is -2.41. The maximum atomic E-state index is 14.0. The quantitative estimate of drug-likeness (QED) is 0.270. The van der Waals surface area contributed by atoms with Crippen LogP contribution in [-0.2, 0) is 21.4 Å². The minimum Gasteiger partial charge on any atom is -0.493 e. The molecule has 1 saturated carbocycles. The highest BCUT2D eigenvalue weighted by Gasteiger charge is 2.42. The predicted molar refractivity (Wildman–Crippen MR) is 174 cm³/mol. The number of carbonyl (C=O) groups excluding carboxylic acids is 1. The van der Waals surface area contributed by atoms with Crippen molar-refractivity contribution in [1.29, 1.82) is 0 Å². The van der Waals surface area contributed by atoms with E-state index in [0.717, 1.165) is 29.5 Å². The zero-order valence-corrected chi connectivity index (χ0v) is 26.8. The third-order valence-corrected chi connectivity index (χ3v) is 11.5. The first-order valence-corrected chi connectivity index (χ1v) is 17.8. The van der Waals surface area contributed by atoms with Gasteiger partial charge in [-0.2, -0.15) is 4.31 Å². The predicted octanol–water partition coefficient (Wildman–Crippen LogP) is 6.46. The van der Waals surface area contributed by atoms with Crippen molar-refractivity contribution in [2.24, 2.45) is 5.92 Å². The molecule has 3 aromatic rings. The Morgan fingerprint density at radius 2 is 1.41 bits per heavy atom. The van der Waals surface area contributed by atoms with Crippen LogP contribution in [0.4, 0.5) is 0 Å². The fraction of sp³-hybridized carbons (Fsp3) is 0.457. The van der Waals surface area contributed by atoms with Crippen LogP contribution >= 0.6 is 11.6 Å². The molecule has 0 aromatic heterocycles. The second-order valence-electron chi connectivity index (χ2n) is 12.4. The van der Waals surface area contributed by atoms with Crippen LogP contribution in [0.1, 0.15) is 50.5 Å². The van der Waals surface area contributed by atoms with Crippen LogP contribution < -0.4 is 4.74 Å². The van der Waals surface area contributed by atoms with E-state index < -0.39 is 16.1 Å². The van der Waals surface area contributed by atoms with E-state index in [1.54, 1.807) is 24.3 Å². The minimum absolute atomic E-state index is 0.0960. The Morgan fingerprint density at radius 1 is 0.773 bits per heavy atom. The van der Waals surface area contributed by atoms with Crippen molar-refractivity contribution in [3.05, 3.63) is 83.4 Å². The van der Waals surface area contributed by atoms with Crippen molar-refractivity contribution in [1.82, 2.24) is 14.1 Å². The lowest BCUT2D eigenvalue weighted by molar-refractivity contribution is -0.136. The van der Waals surface area contributed by atoms with Crippen molar-refractivity contribution in [2.45, 2.75) is 62.4 Å². The fourth-order valence-electron chi connectivity index (χ4n) is 6.72. The van der Waals surface area contributed by atoms with Crippen LogP contribution in [0.5, 0.6) is 5.75 Å². The zero-order chi connectivity index (χ0) is 30.5. The van der Waals surface area contributed by atoms with E-state index in [0.29, 0.717) is 56.0 Å². The molecule has 3 aliphatic rings. The molecule has 234 valence electrons. The lowest BCUT2D eigenvalue weighted by atomic mass is 9.90. The average molecular weight is 636 g/mol. The number of piperazine rings is 1. The van der Waals surface area contributed by atoms with Crippen LogP contribution in [0.15, 0.2) is 77.7 Å². The second kappa shape index (κ2) is 14.0. The first-order valence-electron chi connectivity index (χ1n) is 16.0. The maximum Gasteiger partial charge on any atom is 0.243 e. The third kappa shape index (κ3) is 7.31. The van der Waals surface area contributed by atoms with Gasteiger partial charge in [0.15, 0.2) is 0 Å². The molecule has 1 amide bonds. The van der Waals surface area contributed by atoms with E-state index in [-0.39, 0.29) is 17.3 Å². The summed E-state index contributed by atoms with van der Waals surface area (Å²) in [6.45, 7) is 3.84. The Labute approximate surface area is 266 Å². The standard InChI is InChI=1S/C35H42ClN3O4S/c36-31-14-12-30(13-15-31)29-10-8-27(9-11-29)24-37-22-23-39(34(25-37)35(40)38-20-4-5-21-38)44(41,42)33-18-16-32(17-19-33)43-26-28-6-2-1-3-7-28/h8-19,28,34H,1-7,20-26H2. The summed E-state index contributed by atoms with van der Waals surface area (Å²) in [5.41, 5.74) is 3.32. The monoisotopic (exact) mass is 635 g/mol. The Morgan fingerprint density at radius 3 is 2.07 bits per heavy atom. The van der Waals surface area contributed by atoms with Crippen molar-refractivity contribution in [3.8, 4) is 16.9 Å². The highest BCUT2D eigenvalue weighted by Crippen LogP contribution is 2.29. The topological polar surface area (TPSA) is 70.2 Å². The van der Waals surface area contributed by atoms with Crippen LogP contribution in [0.3, 0.4) is 0 Å². The first kappa shape index (κ1) is 31.1. The van der Waals surface area contributed by atoms with Gasteiger partial charge < -0.3 is 9.64 Å². The van der Waals surface area contributed by atoms with Gasteiger partial charge in [-0.3, -0.25) is 9.69 Å². The molecular formula is C35H42ClN3O4S. The summed E-state index contributed by atoms with van der Waals surface area (Å²) in [5, 5.41) is 0.709. The highest BCUT2D eigenvalue weighted by atomic mass is 35.5. The largest absolute Gasteiger partial charge is 0.493 e. The van der Waals surface area contributed by atoms with E-state index in [9.17, 15) is 13.2 Å². The van der Waals surface area contributed by atoms with Gasteiger partial charge in [-0.1, -0.05) is 67.3 Å². The molecule has 6 rings (SSSR count). The van der Waals surface area contributed by atoms with Crippen molar-refractivity contribution < 1.29 is 17.9 Å². The Hall–Kier alpha value is -2.91. The number of hydrogen-bond acceptors (Lipinski definition) is 5. The molecule has 3 fully saturated rings. The van der Waals surface area contributed by atoms with Crippen molar-refractivity contribution in [2.75, 3.05) is 39.3 Å². The summed E-state index contributed by atoms with van der Waals surface area (Å²) in [7, 11) is -3.88. The molecule has 0 radical (unpaired) electrons. The molecule has 2 saturated heterocycles. The number of sulfonamides is 1. The van der Waals surface area contributed by atoms with Crippen LogP contribution in [0.25, 0.3) is 11.1 Å². The number of likely N-dealkylation sites (tertiary alicyclic amines) is 1. The molecule has 1 atom stereocenters. The zero-order valence-electron chi connectivity index (χ0n) is 25.2. The summed E-state index contributed by atoms with van der Waals surface area (Å²) in [4.78, 5) is 18.0. The number of halogens is 1. The van der Waals surface area contributed by atoms with Crippen LogP contribution in [0.2, 0.25) is 5.02 Å². The van der Waals surface area contributed by atoms with E-state index in [2.05, 4.69) is 29.2 Å². The van der Waals surface area contributed by atoms with Gasteiger partial charge in [0, 0.05) is 44.3 Å². The van der Waals surface area contributed by atoms with Gasteiger partial charge in [0.05, 0.1) is 11.5 Å². The second-order valence-corrected chi connectivity index (χ2v) is 14.7. The van der Waals surface area contributed by atoms with Gasteiger partial charge in [-0.15, -0.1) is 0 Å². The number of nitrogens with zero attached hydrogens (tertiary/aromatic N) is 3. The molecule has 0 spiro atoms. The maximum absolute atomic E-state index is 14.0. The van der Waals surface area contributed by atoms with Gasteiger partial charge >= 0.3 is 0 Å². The number of rotatable bonds is 9. The summed E-state index contributed by atoms with van der Waals surface area (Å²) in [6, 6.07) is 22.1. The average Bonchev–Trinajstić information content (AvgIpc) is 3.60. The molecule has 9 heteroatoms. The van der Waals surface area contributed by atoms with Crippen LogP contribution in [0, 0.1) is 5.92 Å². The van der Waals surface area contributed by atoms with Gasteiger partial charge in [0.25, 0.3) is 0 Å². The summed E-state index contributed by atoms with van der Waals surface area (Å²) in [6.07, 6.45) is 8.11. The highest BCUT2D eigenvalue weighted by molar-refractivity contribution is 7.89. The summed E-state index contributed by atoms with van der Waals surface area (Å²) in [5.74, 6) is 1.16. The number of benzene rings is 3. The summed E-state index contributed by atoms with van der Waals surface area (Å²) < 4.78 is 35.4. The van der Waals surface area contributed by atoms with E-state index in [1.807, 2.05) is 29.2 Å². The van der Waals surface area contributed by atoms with E-state index in [1.165, 1.54) is 36.4 Å². The lowest BCUT2D eigenvalue weighted by Crippen LogP contribution is -2.60. The van der Waals surface area contributed by atoms with E-state index >= 15 is 0 Å². The Kier molecular flexibility index (Phi) is 9.91. The molecule has 7 nitrogen and oxygen atoms in total. The third-order valence-electron chi connectivity index (χ3n) is 9.30. The molecule has 3 aromatic carbocycles. The first-order chi connectivity index (χ1) is 21.4. The molecule has 1 aliphatic carbocycles. The molecule has 1 unspecified atom stereocenters. The van der Waals surface area contributed by atoms with Crippen LogP contribution in [-0.4, -0.2) is 73.8 Å². The minimum atomic E-state index is -3.88. The van der Waals surface area contributed by atoms with E-state index in [4.69, 9.17) is 16.3 Å². The van der Waals surface area contributed by atoms with Crippen molar-refractivity contribution in [3.63, 3.8) is 0 Å². The van der Waals surface area contributed by atoms with Gasteiger partial charge in [-0.05, 0) is 84.7 Å². The molecule has 0 N–H and O–H groups in total. The normalized spacial score (nSPS) is 20.6. The molecular weight excluding hydrogens is 594 g/mol. The molecule has 2 aliphatic heterocycles. The molecule has 2 heterocycles. The number of carbonyl (C=O) groups is 1. The molecule has 44 heavy (non-hydrogen) atoms. The van der Waals surface area contributed by atoms with Gasteiger partial charge in [-0.25, -0.2) is 8.42 Å². The van der Waals surface area contributed by atoms with Crippen molar-refractivity contribution >= 4 is 27.5 Å². The number of amides is 1. The summed E-state index contributed by atoms with van der Waals surface area (Å²) >= 11 is 6.05. The van der Waals surface area contributed by atoms with Gasteiger partial charge in [0.1, 0.15) is 11.8 Å². The Bertz CT molecular complexity index is 1500. The molecule has 0 bridgehead atoms. The number of ether oxygens (including phenoxy) is 1. The fourth-order valence-corrected chi connectivity index (χ4v) is 8.41. The smallest absolute Gasteiger partial charge is 0.243 e. The Balaban J connectivity index is 1.14.